The number of anilines is 1. The summed E-state index contributed by atoms with van der Waals surface area (Å²) in [6.07, 6.45) is 5.72. The number of hydrogen-bond donors (Lipinski definition) is 2. The van der Waals surface area contributed by atoms with Gasteiger partial charge in [0.25, 0.3) is 5.91 Å². The highest BCUT2D eigenvalue weighted by atomic mass is 16.3. The number of rotatable bonds is 2. The molecule has 23 heavy (non-hydrogen) atoms. The summed E-state index contributed by atoms with van der Waals surface area (Å²) in [5, 5.41) is 5.94. The number of fused-ring (bicyclic) bond motifs is 2. The van der Waals surface area contributed by atoms with Gasteiger partial charge in [-0.2, -0.15) is 0 Å². The summed E-state index contributed by atoms with van der Waals surface area (Å²) in [7, 11) is 0. The fraction of sp³-hybridized carbons (Fsp3) is 0.333. The van der Waals surface area contributed by atoms with Crippen LogP contribution in [-0.2, 0) is 17.6 Å². The van der Waals surface area contributed by atoms with E-state index in [1.807, 2.05) is 18.2 Å². The number of furan rings is 1. The van der Waals surface area contributed by atoms with E-state index in [-0.39, 0.29) is 17.9 Å². The lowest BCUT2D eigenvalue weighted by Crippen LogP contribution is -2.30. The first-order chi connectivity index (χ1) is 11.2. The Bertz CT molecular complexity index is 778. The molecule has 118 valence electrons. The van der Waals surface area contributed by atoms with Crippen LogP contribution in [-0.4, -0.2) is 11.8 Å². The zero-order chi connectivity index (χ0) is 15.8. The van der Waals surface area contributed by atoms with E-state index in [0.29, 0.717) is 18.4 Å². The predicted octanol–water partition coefficient (Wildman–Crippen LogP) is 2.97. The number of nitrogens with one attached hydrogen (secondary N) is 2. The minimum atomic E-state index is -0.0799. The van der Waals surface area contributed by atoms with Crippen molar-refractivity contribution in [3.8, 4) is 0 Å². The molecule has 2 aliphatic rings. The Hall–Kier alpha value is -2.56. The van der Waals surface area contributed by atoms with E-state index >= 15 is 0 Å². The zero-order valence-corrected chi connectivity index (χ0v) is 12.7. The number of carbonyl (C=O) groups excluding carboxylic acids is 2. The van der Waals surface area contributed by atoms with Gasteiger partial charge in [0.1, 0.15) is 5.76 Å². The Kier molecular flexibility index (Phi) is 3.41. The molecule has 5 nitrogen and oxygen atoms in total. The van der Waals surface area contributed by atoms with Gasteiger partial charge >= 0.3 is 0 Å². The van der Waals surface area contributed by atoms with E-state index in [1.165, 1.54) is 0 Å². The molecule has 0 saturated carbocycles. The van der Waals surface area contributed by atoms with Crippen LogP contribution in [0.3, 0.4) is 0 Å². The van der Waals surface area contributed by atoms with Gasteiger partial charge in [-0.05, 0) is 49.1 Å². The average Bonchev–Trinajstić information content (AvgIpc) is 3.04. The first-order valence-corrected chi connectivity index (χ1v) is 8.00. The first-order valence-electron chi connectivity index (χ1n) is 8.00. The van der Waals surface area contributed by atoms with Gasteiger partial charge in [-0.25, -0.2) is 0 Å². The second-order valence-corrected chi connectivity index (χ2v) is 6.14. The van der Waals surface area contributed by atoms with Gasteiger partial charge in [0, 0.05) is 29.7 Å². The Labute approximate surface area is 134 Å². The molecule has 4 rings (SSSR count). The third kappa shape index (κ3) is 2.63. The molecule has 5 heteroatoms. The van der Waals surface area contributed by atoms with Crippen LogP contribution in [0.1, 0.15) is 52.5 Å². The lowest BCUT2D eigenvalue weighted by molar-refractivity contribution is -0.116. The van der Waals surface area contributed by atoms with Crippen LogP contribution in [0.4, 0.5) is 5.69 Å². The Morgan fingerprint density at radius 1 is 1.22 bits per heavy atom. The van der Waals surface area contributed by atoms with E-state index in [4.69, 9.17) is 4.42 Å². The summed E-state index contributed by atoms with van der Waals surface area (Å²) in [5.74, 6) is 0.933. The molecule has 0 radical (unpaired) electrons. The fourth-order valence-electron chi connectivity index (χ4n) is 3.40. The van der Waals surface area contributed by atoms with E-state index in [2.05, 4.69) is 10.6 Å². The number of benzene rings is 1. The molecule has 1 atom stereocenters. The Morgan fingerprint density at radius 3 is 3.04 bits per heavy atom. The molecule has 2 N–H and O–H groups in total. The fourth-order valence-corrected chi connectivity index (χ4v) is 3.40. The topological polar surface area (TPSA) is 71.3 Å². The number of hydrogen-bond acceptors (Lipinski definition) is 3. The van der Waals surface area contributed by atoms with Gasteiger partial charge in [-0.15, -0.1) is 0 Å². The highest BCUT2D eigenvalue weighted by molar-refractivity contribution is 5.98. The molecule has 2 aromatic rings. The van der Waals surface area contributed by atoms with Crippen molar-refractivity contribution in [3.05, 3.63) is 53.0 Å². The van der Waals surface area contributed by atoms with Crippen molar-refractivity contribution in [2.24, 2.45) is 0 Å². The molecule has 1 aromatic carbocycles. The quantitative estimate of drug-likeness (QED) is 0.896. The van der Waals surface area contributed by atoms with Gasteiger partial charge in [0.05, 0.1) is 12.3 Å². The molecule has 2 amide bonds. The molecule has 0 bridgehead atoms. The van der Waals surface area contributed by atoms with Crippen molar-refractivity contribution in [1.82, 2.24) is 5.32 Å². The smallest absolute Gasteiger partial charge is 0.251 e. The maximum absolute atomic E-state index is 12.6. The van der Waals surface area contributed by atoms with E-state index in [1.54, 1.807) is 12.3 Å². The molecule has 1 aliphatic carbocycles. The van der Waals surface area contributed by atoms with E-state index in [0.717, 1.165) is 41.8 Å². The molecule has 1 unspecified atom stereocenters. The summed E-state index contributed by atoms with van der Waals surface area (Å²) in [4.78, 5) is 24.0. The Balaban J connectivity index is 1.53. The van der Waals surface area contributed by atoms with Crippen LogP contribution in [0.15, 0.2) is 34.9 Å². The standard InChI is InChI=1S/C18H18N2O3/c21-17-7-5-11-10-12(4-6-14(11)19-17)18(22)20-15-2-1-3-16-13(15)8-9-23-16/h4,6,8-10,15H,1-3,5,7H2,(H,19,21)(H,20,22). The molecular formula is C18H18N2O3. The van der Waals surface area contributed by atoms with Gasteiger partial charge in [0.2, 0.25) is 5.91 Å². The lowest BCUT2D eigenvalue weighted by atomic mass is 9.93. The van der Waals surface area contributed by atoms with Gasteiger partial charge < -0.3 is 15.1 Å². The van der Waals surface area contributed by atoms with Crippen molar-refractivity contribution in [1.29, 1.82) is 0 Å². The molecule has 1 aromatic heterocycles. The number of amides is 2. The summed E-state index contributed by atoms with van der Waals surface area (Å²) < 4.78 is 5.47. The summed E-state index contributed by atoms with van der Waals surface area (Å²) in [5.41, 5.74) is 3.56. The lowest BCUT2D eigenvalue weighted by Gasteiger charge is -2.23. The van der Waals surface area contributed by atoms with Crippen LogP contribution in [0, 0.1) is 0 Å². The Morgan fingerprint density at radius 2 is 2.13 bits per heavy atom. The third-order valence-electron chi connectivity index (χ3n) is 4.62. The highest BCUT2D eigenvalue weighted by Gasteiger charge is 2.25. The van der Waals surface area contributed by atoms with Crippen molar-refractivity contribution in [3.63, 3.8) is 0 Å². The van der Waals surface area contributed by atoms with Crippen LogP contribution in [0.25, 0.3) is 0 Å². The summed E-state index contributed by atoms with van der Waals surface area (Å²) in [6.45, 7) is 0. The zero-order valence-electron chi connectivity index (χ0n) is 12.7. The van der Waals surface area contributed by atoms with Crippen LogP contribution >= 0.6 is 0 Å². The highest BCUT2D eigenvalue weighted by Crippen LogP contribution is 2.31. The van der Waals surface area contributed by atoms with Crippen LogP contribution < -0.4 is 10.6 Å². The number of aryl methyl sites for hydroxylation is 2. The van der Waals surface area contributed by atoms with Gasteiger partial charge in [0.15, 0.2) is 0 Å². The van der Waals surface area contributed by atoms with Gasteiger partial charge in [-0.3, -0.25) is 9.59 Å². The average molecular weight is 310 g/mol. The van der Waals surface area contributed by atoms with Crippen molar-refractivity contribution >= 4 is 17.5 Å². The van der Waals surface area contributed by atoms with Crippen LogP contribution in [0.2, 0.25) is 0 Å². The van der Waals surface area contributed by atoms with Crippen LogP contribution in [0.5, 0.6) is 0 Å². The van der Waals surface area contributed by atoms with Crippen molar-refractivity contribution in [2.75, 3.05) is 5.32 Å². The third-order valence-corrected chi connectivity index (χ3v) is 4.62. The molecule has 2 heterocycles. The van der Waals surface area contributed by atoms with Gasteiger partial charge in [-0.1, -0.05) is 0 Å². The van der Waals surface area contributed by atoms with Crippen molar-refractivity contribution in [2.45, 2.75) is 38.1 Å². The summed E-state index contributed by atoms with van der Waals surface area (Å²) in [6, 6.07) is 7.41. The van der Waals surface area contributed by atoms with E-state index in [9.17, 15) is 9.59 Å². The maximum Gasteiger partial charge on any atom is 0.251 e. The normalized spacial score (nSPS) is 19.5. The predicted molar refractivity (Wildman–Crippen MR) is 85.2 cm³/mol. The maximum atomic E-state index is 12.6. The first kappa shape index (κ1) is 14.1. The minimum Gasteiger partial charge on any atom is -0.469 e. The second kappa shape index (κ2) is 5.57. The largest absolute Gasteiger partial charge is 0.469 e. The van der Waals surface area contributed by atoms with Crippen molar-refractivity contribution < 1.29 is 14.0 Å². The number of carbonyl (C=O) groups is 2. The SMILES string of the molecule is O=C1CCc2cc(C(=O)NC3CCCc4occc43)ccc2N1. The molecule has 0 fully saturated rings. The molecular weight excluding hydrogens is 292 g/mol. The molecule has 0 saturated heterocycles. The summed E-state index contributed by atoms with van der Waals surface area (Å²) >= 11 is 0. The molecule has 0 spiro atoms. The second-order valence-electron chi connectivity index (χ2n) is 6.14. The van der Waals surface area contributed by atoms with E-state index < -0.39 is 0 Å². The monoisotopic (exact) mass is 310 g/mol. The minimum absolute atomic E-state index is 0.0146. The molecule has 1 aliphatic heterocycles.